The van der Waals surface area contributed by atoms with E-state index in [1.54, 1.807) is 0 Å². The van der Waals surface area contributed by atoms with Crippen molar-refractivity contribution in [2.45, 2.75) is 27.3 Å². The second-order valence-electron chi connectivity index (χ2n) is 8.80. The summed E-state index contributed by atoms with van der Waals surface area (Å²) in [5, 5.41) is 4.33. The predicted octanol–water partition coefficient (Wildman–Crippen LogP) is 6.07. The second kappa shape index (κ2) is 12.2. The molecule has 1 aliphatic rings. The van der Waals surface area contributed by atoms with E-state index in [4.69, 9.17) is 23.2 Å². The van der Waals surface area contributed by atoms with Crippen molar-refractivity contribution in [3.8, 4) is 11.3 Å². The molecule has 35 heavy (non-hydrogen) atoms. The van der Waals surface area contributed by atoms with Gasteiger partial charge in [0.15, 0.2) is 0 Å². The lowest BCUT2D eigenvalue weighted by Crippen LogP contribution is -2.48. The highest BCUT2D eigenvalue weighted by molar-refractivity contribution is 6.43. The number of amides is 1. The van der Waals surface area contributed by atoms with E-state index in [9.17, 15) is 4.79 Å². The zero-order valence-electron chi connectivity index (χ0n) is 20.5. The number of hydrogen-bond acceptors (Lipinski definition) is 3. The Morgan fingerprint density at radius 3 is 2.34 bits per heavy atom. The van der Waals surface area contributed by atoms with Crippen molar-refractivity contribution in [2.75, 3.05) is 44.2 Å². The van der Waals surface area contributed by atoms with Gasteiger partial charge < -0.3 is 14.8 Å². The number of nitrogens with one attached hydrogen (secondary N) is 1. The summed E-state index contributed by atoms with van der Waals surface area (Å²) in [6.07, 6.45) is 0. The highest BCUT2D eigenvalue weighted by Gasteiger charge is 2.21. The van der Waals surface area contributed by atoms with Crippen LogP contribution in [-0.2, 0) is 6.54 Å². The average molecular weight is 536 g/mol. The number of hydrogen-bond donors (Lipinski definition) is 1. The number of aryl methyl sites for hydroxylation is 1. The number of rotatable bonds is 7. The van der Waals surface area contributed by atoms with Crippen LogP contribution in [0.4, 0.5) is 5.69 Å². The molecule has 1 aliphatic heterocycles. The molecule has 0 spiro atoms. The number of piperazine rings is 1. The Balaban J connectivity index is 0.00000342. The number of anilines is 1. The summed E-state index contributed by atoms with van der Waals surface area (Å²) in [6.45, 7) is 12.1. The van der Waals surface area contributed by atoms with Crippen molar-refractivity contribution in [3.05, 3.63) is 75.4 Å². The van der Waals surface area contributed by atoms with Crippen molar-refractivity contribution in [1.29, 1.82) is 0 Å². The first-order valence-electron chi connectivity index (χ1n) is 11.9. The number of benzene rings is 2. The lowest BCUT2D eigenvalue weighted by molar-refractivity contribution is 0.0947. The van der Waals surface area contributed by atoms with E-state index in [1.807, 2.05) is 31.2 Å². The molecule has 5 nitrogen and oxygen atoms in total. The van der Waals surface area contributed by atoms with Crippen molar-refractivity contribution in [1.82, 2.24) is 14.8 Å². The molecule has 1 saturated heterocycles. The zero-order valence-corrected chi connectivity index (χ0v) is 22.8. The molecule has 3 aromatic rings. The summed E-state index contributed by atoms with van der Waals surface area (Å²) in [4.78, 5) is 17.6. The van der Waals surface area contributed by atoms with Crippen LogP contribution in [-0.4, -0.2) is 54.6 Å². The Bertz CT molecular complexity index is 1150. The van der Waals surface area contributed by atoms with Gasteiger partial charge in [-0.25, -0.2) is 0 Å². The molecule has 1 aromatic heterocycles. The van der Waals surface area contributed by atoms with Crippen LogP contribution in [0.3, 0.4) is 0 Å². The van der Waals surface area contributed by atoms with Gasteiger partial charge in [-0.15, -0.1) is 12.4 Å². The molecule has 2 heterocycles. The van der Waals surface area contributed by atoms with Gasteiger partial charge >= 0.3 is 0 Å². The molecule has 1 fully saturated rings. The van der Waals surface area contributed by atoms with E-state index in [1.165, 1.54) is 5.56 Å². The van der Waals surface area contributed by atoms with Crippen LogP contribution >= 0.6 is 35.6 Å². The van der Waals surface area contributed by atoms with Crippen molar-refractivity contribution in [3.63, 3.8) is 0 Å². The molecule has 0 saturated carbocycles. The highest BCUT2D eigenvalue weighted by atomic mass is 35.5. The fourth-order valence-corrected chi connectivity index (χ4v) is 5.03. The van der Waals surface area contributed by atoms with Crippen LogP contribution in [0.15, 0.2) is 48.5 Å². The third-order valence-corrected chi connectivity index (χ3v) is 7.44. The number of carbonyl (C=O) groups is 1. The van der Waals surface area contributed by atoms with Gasteiger partial charge in [-0.05, 0) is 44.5 Å². The molecule has 1 N–H and O–H groups in total. The first kappa shape index (κ1) is 27.4. The van der Waals surface area contributed by atoms with Gasteiger partial charge in [-0.1, -0.05) is 59.1 Å². The van der Waals surface area contributed by atoms with E-state index >= 15 is 0 Å². The molecule has 4 rings (SSSR count). The molecular formula is C27H33Cl3N4O. The molecule has 8 heteroatoms. The quantitative estimate of drug-likeness (QED) is 0.399. The lowest BCUT2D eigenvalue weighted by atomic mass is 10.1. The second-order valence-corrected chi connectivity index (χ2v) is 9.58. The summed E-state index contributed by atoms with van der Waals surface area (Å²) in [7, 11) is 0. The minimum atomic E-state index is -0.0117. The molecule has 188 valence electrons. The van der Waals surface area contributed by atoms with E-state index < -0.39 is 0 Å². The predicted molar refractivity (Wildman–Crippen MR) is 150 cm³/mol. The van der Waals surface area contributed by atoms with Gasteiger partial charge in [0.1, 0.15) is 0 Å². The molecule has 2 aromatic carbocycles. The maximum Gasteiger partial charge on any atom is 0.253 e. The van der Waals surface area contributed by atoms with Gasteiger partial charge in [-0.3, -0.25) is 9.69 Å². The maximum atomic E-state index is 13.0. The topological polar surface area (TPSA) is 40.5 Å². The summed E-state index contributed by atoms with van der Waals surface area (Å²) < 4.78 is 2.21. The number of nitrogens with zero attached hydrogens (tertiary/aromatic N) is 3. The van der Waals surface area contributed by atoms with Gasteiger partial charge in [-0.2, -0.15) is 0 Å². The summed E-state index contributed by atoms with van der Waals surface area (Å²) in [6, 6.07) is 16.2. The van der Waals surface area contributed by atoms with Crippen molar-refractivity contribution in [2.24, 2.45) is 0 Å². The maximum absolute atomic E-state index is 13.0. The standard InChI is InChI=1S/C27H32Cl2N4O.ClH/c1-4-33-20(3)22(18-25(33)21-10-8-19(2)9-11-21)27(34)30-12-13-31-14-16-32(17-15-31)24-7-5-6-23(28)26(24)29;/h5-11,18H,4,12-17H2,1-3H3,(H,30,34);1H. The monoisotopic (exact) mass is 534 g/mol. The van der Waals surface area contributed by atoms with Gasteiger partial charge in [0.05, 0.1) is 21.3 Å². The average Bonchev–Trinajstić information content (AvgIpc) is 3.18. The normalized spacial score (nSPS) is 14.0. The van der Waals surface area contributed by atoms with E-state index in [0.29, 0.717) is 16.6 Å². The van der Waals surface area contributed by atoms with Crippen LogP contribution in [0.25, 0.3) is 11.3 Å². The minimum absolute atomic E-state index is 0. The van der Waals surface area contributed by atoms with E-state index in [0.717, 1.165) is 67.5 Å². The fourth-order valence-electron chi connectivity index (χ4n) is 4.62. The third-order valence-electron chi connectivity index (χ3n) is 6.63. The first-order chi connectivity index (χ1) is 16.4. The number of carbonyl (C=O) groups excluding carboxylic acids is 1. The van der Waals surface area contributed by atoms with Crippen molar-refractivity contribution >= 4 is 47.2 Å². The highest BCUT2D eigenvalue weighted by Crippen LogP contribution is 2.33. The lowest BCUT2D eigenvalue weighted by Gasteiger charge is -2.36. The van der Waals surface area contributed by atoms with Crippen LogP contribution in [0.2, 0.25) is 10.0 Å². The molecule has 0 bridgehead atoms. The Morgan fingerprint density at radius 2 is 1.69 bits per heavy atom. The first-order valence-corrected chi connectivity index (χ1v) is 12.6. The molecule has 1 amide bonds. The van der Waals surface area contributed by atoms with Gasteiger partial charge in [0.2, 0.25) is 0 Å². The van der Waals surface area contributed by atoms with Crippen LogP contribution in [0.5, 0.6) is 0 Å². The Kier molecular flexibility index (Phi) is 9.54. The van der Waals surface area contributed by atoms with Gasteiger partial charge in [0.25, 0.3) is 5.91 Å². The SMILES string of the molecule is CCn1c(-c2ccc(C)cc2)cc(C(=O)NCCN2CCN(c3cccc(Cl)c3Cl)CC2)c1C.Cl. The largest absolute Gasteiger partial charge is 0.368 e. The zero-order chi connectivity index (χ0) is 24.2. The third kappa shape index (κ3) is 6.15. The van der Waals surface area contributed by atoms with Crippen LogP contribution in [0.1, 0.15) is 28.5 Å². The Morgan fingerprint density at radius 1 is 1.00 bits per heavy atom. The number of halogens is 3. The molecule has 0 aliphatic carbocycles. The van der Waals surface area contributed by atoms with Crippen molar-refractivity contribution < 1.29 is 4.79 Å². The van der Waals surface area contributed by atoms with Gasteiger partial charge in [0, 0.05) is 57.2 Å². The van der Waals surface area contributed by atoms with E-state index in [2.05, 4.69) is 57.8 Å². The fraction of sp³-hybridized carbons (Fsp3) is 0.370. The molecule has 0 unspecified atom stereocenters. The Labute approximate surface area is 224 Å². The molecular weight excluding hydrogens is 503 g/mol. The molecule has 0 atom stereocenters. The van der Waals surface area contributed by atoms with Crippen LogP contribution in [0, 0.1) is 13.8 Å². The molecule has 0 radical (unpaired) electrons. The Hall–Kier alpha value is -2.18. The number of aromatic nitrogens is 1. The van der Waals surface area contributed by atoms with Crippen LogP contribution < -0.4 is 10.2 Å². The summed E-state index contributed by atoms with van der Waals surface area (Å²) in [5.41, 5.74) is 6.18. The van der Waals surface area contributed by atoms with E-state index in [-0.39, 0.29) is 18.3 Å². The summed E-state index contributed by atoms with van der Waals surface area (Å²) >= 11 is 12.6. The smallest absolute Gasteiger partial charge is 0.253 e. The summed E-state index contributed by atoms with van der Waals surface area (Å²) in [5.74, 6) is -0.0117. The minimum Gasteiger partial charge on any atom is -0.368 e.